The first-order chi connectivity index (χ1) is 24.9. The summed E-state index contributed by atoms with van der Waals surface area (Å²) in [6.45, 7) is 13.3. The Balaban J connectivity index is 1.25. The van der Waals surface area contributed by atoms with Crippen LogP contribution in [0, 0.1) is 23.7 Å². The van der Waals surface area contributed by atoms with E-state index >= 15 is 0 Å². The maximum Gasteiger partial charge on any atom is 0.410 e. The average molecular weight is 735 g/mol. The molecule has 3 heterocycles. The van der Waals surface area contributed by atoms with Crippen molar-refractivity contribution in [2.75, 3.05) is 49.1 Å². The number of carbonyl (C=O) groups excluding carboxylic acids is 3. The van der Waals surface area contributed by atoms with Crippen molar-refractivity contribution in [3.63, 3.8) is 0 Å². The number of amides is 4. The normalized spacial score (nSPS) is 20.7. The summed E-state index contributed by atoms with van der Waals surface area (Å²) in [5.74, 6) is -3.75. The van der Waals surface area contributed by atoms with E-state index in [9.17, 15) is 34.2 Å². The fraction of sp³-hybridized carbons (Fsp3) is 0.575. The number of carboxylic acids is 2. The Morgan fingerprint density at radius 1 is 0.679 bits per heavy atom. The lowest BCUT2D eigenvalue weighted by Crippen LogP contribution is -2.49. The lowest BCUT2D eigenvalue weighted by Gasteiger charge is -2.36. The molecule has 3 saturated heterocycles. The van der Waals surface area contributed by atoms with Gasteiger partial charge in [-0.25, -0.2) is 14.4 Å². The van der Waals surface area contributed by atoms with Gasteiger partial charge in [0.1, 0.15) is 11.2 Å². The highest BCUT2D eigenvalue weighted by Crippen LogP contribution is 2.33. The molecule has 0 spiro atoms. The Kier molecular flexibility index (Phi) is 11.9. The van der Waals surface area contributed by atoms with Gasteiger partial charge in [0.25, 0.3) is 0 Å². The first-order valence-corrected chi connectivity index (χ1v) is 18.6. The molecule has 288 valence electrons. The Labute approximate surface area is 311 Å². The molecule has 4 amide bonds. The number of benzene rings is 2. The van der Waals surface area contributed by atoms with Crippen LogP contribution in [-0.2, 0) is 31.9 Å². The molecule has 13 heteroatoms. The quantitative estimate of drug-likeness (QED) is 0.277. The van der Waals surface area contributed by atoms with Crippen LogP contribution < -0.4 is 9.80 Å². The number of aliphatic carboxylic acids is 2. The van der Waals surface area contributed by atoms with E-state index in [0.717, 1.165) is 11.1 Å². The highest BCUT2D eigenvalue weighted by Gasteiger charge is 2.39. The molecule has 0 unspecified atom stereocenters. The predicted molar refractivity (Wildman–Crippen MR) is 199 cm³/mol. The maximum atomic E-state index is 14.0. The summed E-state index contributed by atoms with van der Waals surface area (Å²) < 4.78 is 11.0. The van der Waals surface area contributed by atoms with Crippen LogP contribution in [0.1, 0.15) is 71.9 Å². The lowest BCUT2D eigenvalue weighted by atomic mass is 9.86. The van der Waals surface area contributed by atoms with Gasteiger partial charge in [-0.3, -0.25) is 19.4 Å². The molecule has 0 aliphatic carbocycles. The standard InChI is InChI=1S/C40H54N4O9/c1-39(2,3)52-37(50)41-18-14-28(24-41)32(34(45)46)22-26-10-7-12-30(20-26)43-16-9-17-44(36(43)49)31-13-8-11-27(21-31)23-33(35(47)48)29-15-19-42(25-29)38(51)53-40(4,5)6/h7-8,10-13,20-21,28-29,32-33H,9,14-19,22-25H2,1-6H3,(H,45,46)(H,47,48)/t28-,29-,32-,33-/m0/s1. The fourth-order valence-corrected chi connectivity index (χ4v) is 7.54. The van der Waals surface area contributed by atoms with Crippen LogP contribution in [0.5, 0.6) is 0 Å². The van der Waals surface area contributed by atoms with Gasteiger partial charge >= 0.3 is 30.2 Å². The van der Waals surface area contributed by atoms with E-state index in [1.807, 2.05) is 48.5 Å². The van der Waals surface area contributed by atoms with Gasteiger partial charge in [-0.05, 0) is 121 Å². The molecule has 5 rings (SSSR count). The smallest absolute Gasteiger partial charge is 0.410 e. The summed E-state index contributed by atoms with van der Waals surface area (Å²) >= 11 is 0. The largest absolute Gasteiger partial charge is 0.481 e. The number of carboxylic acid groups (broad SMARTS) is 2. The number of likely N-dealkylation sites (tertiary alicyclic amines) is 2. The van der Waals surface area contributed by atoms with Crippen LogP contribution in [0.3, 0.4) is 0 Å². The molecule has 53 heavy (non-hydrogen) atoms. The highest BCUT2D eigenvalue weighted by atomic mass is 16.6. The molecule has 3 aliphatic rings. The second-order valence-corrected chi connectivity index (χ2v) is 16.5. The van der Waals surface area contributed by atoms with Crippen LogP contribution in [0.15, 0.2) is 48.5 Å². The van der Waals surface area contributed by atoms with E-state index in [1.54, 1.807) is 61.1 Å². The number of anilines is 2. The molecule has 0 aromatic heterocycles. The molecule has 4 atom stereocenters. The molecule has 3 fully saturated rings. The maximum absolute atomic E-state index is 14.0. The molecule has 0 radical (unpaired) electrons. The van der Waals surface area contributed by atoms with Gasteiger partial charge in [-0.2, -0.15) is 0 Å². The topological polar surface area (TPSA) is 157 Å². The lowest BCUT2D eigenvalue weighted by molar-refractivity contribution is -0.144. The van der Waals surface area contributed by atoms with Gasteiger partial charge < -0.3 is 29.5 Å². The van der Waals surface area contributed by atoms with Crippen molar-refractivity contribution in [1.82, 2.24) is 9.80 Å². The van der Waals surface area contributed by atoms with E-state index in [2.05, 4.69) is 0 Å². The number of ether oxygens (including phenoxy) is 2. The summed E-state index contributed by atoms with van der Waals surface area (Å²) in [6, 6.07) is 14.6. The van der Waals surface area contributed by atoms with Gasteiger partial charge in [0.2, 0.25) is 0 Å². The molecule has 2 aromatic carbocycles. The Bertz CT molecular complexity index is 1560. The van der Waals surface area contributed by atoms with Crippen molar-refractivity contribution < 1.29 is 43.7 Å². The molecule has 3 aliphatic heterocycles. The monoisotopic (exact) mass is 734 g/mol. The average Bonchev–Trinajstić information content (AvgIpc) is 3.76. The molecule has 2 N–H and O–H groups in total. The summed E-state index contributed by atoms with van der Waals surface area (Å²) in [5, 5.41) is 20.4. The number of rotatable bonds is 10. The predicted octanol–water partition coefficient (Wildman–Crippen LogP) is 6.52. The van der Waals surface area contributed by atoms with Gasteiger partial charge in [0, 0.05) is 50.6 Å². The number of carbonyl (C=O) groups is 5. The third kappa shape index (κ3) is 10.2. The van der Waals surface area contributed by atoms with Crippen molar-refractivity contribution in [2.45, 2.75) is 84.8 Å². The van der Waals surface area contributed by atoms with Crippen molar-refractivity contribution in [2.24, 2.45) is 23.7 Å². The van der Waals surface area contributed by atoms with Crippen molar-refractivity contribution in [3.8, 4) is 0 Å². The Hall–Kier alpha value is -4.81. The van der Waals surface area contributed by atoms with Gasteiger partial charge in [0.15, 0.2) is 0 Å². The summed E-state index contributed by atoms with van der Waals surface area (Å²) in [6.07, 6.45) is 1.45. The van der Waals surface area contributed by atoms with Crippen molar-refractivity contribution in [1.29, 1.82) is 0 Å². The first kappa shape index (κ1) is 39.4. The Morgan fingerprint density at radius 2 is 1.08 bits per heavy atom. The van der Waals surface area contributed by atoms with E-state index in [1.165, 1.54) is 0 Å². The SMILES string of the molecule is CC(C)(C)OC(=O)N1CC[C@H]([C@H](Cc2cccc(N3CCCN(c4cccc(C[C@H](C(=O)O)[C@H]5CCN(C(=O)OC(C)(C)C)C5)c4)C3=O)c2)C(=O)O)C1. The third-order valence-corrected chi connectivity index (χ3v) is 10.1. The third-order valence-electron chi connectivity index (χ3n) is 10.1. The molecule has 0 bridgehead atoms. The van der Waals surface area contributed by atoms with Gasteiger partial charge in [0.05, 0.1) is 11.8 Å². The molecule has 0 saturated carbocycles. The van der Waals surface area contributed by atoms with Gasteiger partial charge in [-0.15, -0.1) is 0 Å². The zero-order valence-electron chi connectivity index (χ0n) is 31.7. The van der Waals surface area contributed by atoms with Crippen LogP contribution in [0.2, 0.25) is 0 Å². The highest BCUT2D eigenvalue weighted by molar-refractivity contribution is 6.04. The summed E-state index contributed by atoms with van der Waals surface area (Å²) in [4.78, 5) is 70.7. The minimum Gasteiger partial charge on any atom is -0.481 e. The number of hydrogen-bond donors (Lipinski definition) is 2. The van der Waals surface area contributed by atoms with E-state index < -0.39 is 47.2 Å². The Morgan fingerprint density at radius 3 is 1.43 bits per heavy atom. The van der Waals surface area contributed by atoms with Crippen LogP contribution in [-0.4, -0.2) is 101 Å². The summed E-state index contributed by atoms with van der Waals surface area (Å²) in [7, 11) is 0. The molecule has 13 nitrogen and oxygen atoms in total. The van der Waals surface area contributed by atoms with Crippen molar-refractivity contribution in [3.05, 3.63) is 59.7 Å². The first-order valence-electron chi connectivity index (χ1n) is 18.6. The zero-order valence-corrected chi connectivity index (χ0v) is 31.7. The van der Waals surface area contributed by atoms with Crippen LogP contribution in [0.4, 0.5) is 25.8 Å². The minimum atomic E-state index is -0.926. The van der Waals surface area contributed by atoms with Crippen LogP contribution in [0.25, 0.3) is 0 Å². The molecular weight excluding hydrogens is 680 g/mol. The van der Waals surface area contributed by atoms with E-state index in [4.69, 9.17) is 9.47 Å². The zero-order chi connectivity index (χ0) is 38.7. The second-order valence-electron chi connectivity index (χ2n) is 16.5. The van der Waals surface area contributed by atoms with Crippen LogP contribution >= 0.6 is 0 Å². The second kappa shape index (κ2) is 16.1. The van der Waals surface area contributed by atoms with Crippen molar-refractivity contribution >= 4 is 41.5 Å². The molecule has 2 aromatic rings. The minimum absolute atomic E-state index is 0.220. The van der Waals surface area contributed by atoms with E-state index in [0.29, 0.717) is 69.9 Å². The van der Waals surface area contributed by atoms with E-state index in [-0.39, 0.29) is 30.7 Å². The van der Waals surface area contributed by atoms with Gasteiger partial charge in [-0.1, -0.05) is 24.3 Å². The fourth-order valence-electron chi connectivity index (χ4n) is 7.54. The number of urea groups is 1. The molecular formula is C40H54N4O9. The number of nitrogens with zero attached hydrogens (tertiary/aromatic N) is 4. The number of hydrogen-bond acceptors (Lipinski definition) is 7. The summed E-state index contributed by atoms with van der Waals surface area (Å²) in [5.41, 5.74) is 1.63.